The van der Waals surface area contributed by atoms with E-state index >= 15 is 0 Å². The summed E-state index contributed by atoms with van der Waals surface area (Å²) in [7, 11) is 1.59. The molecule has 3 aromatic carbocycles. The van der Waals surface area contributed by atoms with Gasteiger partial charge in [0.25, 0.3) is 5.91 Å². The van der Waals surface area contributed by atoms with Crippen molar-refractivity contribution < 1.29 is 19.0 Å². The summed E-state index contributed by atoms with van der Waals surface area (Å²) in [6.07, 6.45) is 0. The Balaban J connectivity index is 1.79. The van der Waals surface area contributed by atoms with Crippen molar-refractivity contribution in [3.05, 3.63) is 107 Å². The number of carbonyl (C=O) groups is 1. The van der Waals surface area contributed by atoms with Crippen molar-refractivity contribution in [2.45, 2.75) is 19.5 Å². The number of rotatable bonds is 5. The maximum atomic E-state index is 13.3. The molecule has 0 aliphatic carbocycles. The number of benzene rings is 3. The van der Waals surface area contributed by atoms with Crippen LogP contribution in [0.25, 0.3) is 5.57 Å². The second kappa shape index (κ2) is 8.03. The van der Waals surface area contributed by atoms with Gasteiger partial charge in [0, 0.05) is 12.1 Å². The minimum Gasteiger partial charge on any atom is -0.503 e. The zero-order valence-electron chi connectivity index (χ0n) is 16.8. The Labute approximate surface area is 174 Å². The van der Waals surface area contributed by atoms with Crippen LogP contribution in [0.3, 0.4) is 0 Å². The molecule has 1 aliphatic heterocycles. The van der Waals surface area contributed by atoms with E-state index < -0.39 is 11.9 Å². The molecule has 5 heteroatoms. The van der Waals surface area contributed by atoms with E-state index in [4.69, 9.17) is 4.74 Å². The molecule has 1 heterocycles. The zero-order valence-corrected chi connectivity index (χ0v) is 16.8. The molecule has 0 aromatic heterocycles. The molecule has 1 amide bonds. The van der Waals surface area contributed by atoms with E-state index in [1.54, 1.807) is 36.3 Å². The van der Waals surface area contributed by atoms with Crippen LogP contribution in [-0.4, -0.2) is 23.0 Å². The standard InChI is InChI=1S/C25H22FNO3/c1-16-3-7-19(8-4-16)23-22(18-9-13-21(30-2)14-10-18)24(28)25(29)27(23)15-17-5-11-20(26)12-6-17/h3-14,23,28H,15H2,1-2H3/t23-/m0/s1. The van der Waals surface area contributed by atoms with Crippen molar-refractivity contribution in [2.24, 2.45) is 0 Å². The number of methoxy groups -OCH3 is 1. The van der Waals surface area contributed by atoms with Crippen molar-refractivity contribution in [3.63, 3.8) is 0 Å². The summed E-state index contributed by atoms with van der Waals surface area (Å²) in [5, 5.41) is 10.8. The van der Waals surface area contributed by atoms with E-state index in [1.807, 2.05) is 43.3 Å². The van der Waals surface area contributed by atoms with E-state index in [0.717, 1.165) is 22.3 Å². The SMILES string of the molecule is COc1ccc(C2=C(O)C(=O)N(Cc3ccc(F)cc3)[C@H]2c2ccc(C)cc2)cc1. The molecule has 1 atom stereocenters. The van der Waals surface area contributed by atoms with Gasteiger partial charge < -0.3 is 14.7 Å². The first kappa shape index (κ1) is 19.7. The Bertz CT molecular complexity index is 1090. The van der Waals surface area contributed by atoms with Gasteiger partial charge in [0.1, 0.15) is 11.6 Å². The Morgan fingerprint density at radius 2 is 1.60 bits per heavy atom. The molecule has 0 unspecified atom stereocenters. The summed E-state index contributed by atoms with van der Waals surface area (Å²) in [4.78, 5) is 14.7. The van der Waals surface area contributed by atoms with Crippen LogP contribution < -0.4 is 4.74 Å². The van der Waals surface area contributed by atoms with Crippen LogP contribution >= 0.6 is 0 Å². The molecule has 0 bridgehead atoms. The summed E-state index contributed by atoms with van der Waals surface area (Å²) < 4.78 is 18.6. The van der Waals surface area contributed by atoms with Crippen molar-refractivity contribution in [1.29, 1.82) is 0 Å². The third-order valence-electron chi connectivity index (χ3n) is 5.36. The van der Waals surface area contributed by atoms with Crippen LogP contribution in [0.5, 0.6) is 5.75 Å². The van der Waals surface area contributed by atoms with Gasteiger partial charge in [-0.1, -0.05) is 54.1 Å². The summed E-state index contributed by atoms with van der Waals surface area (Å²) in [6.45, 7) is 2.25. The number of aryl methyl sites for hydroxylation is 1. The molecule has 0 spiro atoms. The van der Waals surface area contributed by atoms with Gasteiger partial charge in [0.2, 0.25) is 0 Å². The highest BCUT2D eigenvalue weighted by Crippen LogP contribution is 2.44. The molecule has 1 N–H and O–H groups in total. The molecular formula is C25H22FNO3. The van der Waals surface area contributed by atoms with E-state index in [2.05, 4.69) is 0 Å². The molecule has 0 saturated carbocycles. The molecule has 1 aliphatic rings. The average Bonchev–Trinajstić information content (AvgIpc) is 3.01. The third kappa shape index (κ3) is 3.66. The number of hydrogen-bond donors (Lipinski definition) is 1. The van der Waals surface area contributed by atoms with Gasteiger partial charge in [0.15, 0.2) is 5.76 Å². The number of halogens is 1. The van der Waals surface area contributed by atoms with Gasteiger partial charge in [-0.15, -0.1) is 0 Å². The van der Waals surface area contributed by atoms with Crippen molar-refractivity contribution in [1.82, 2.24) is 4.90 Å². The third-order valence-corrected chi connectivity index (χ3v) is 5.36. The second-order valence-electron chi connectivity index (χ2n) is 7.36. The Morgan fingerprint density at radius 1 is 0.967 bits per heavy atom. The number of carbonyl (C=O) groups excluding carboxylic acids is 1. The smallest absolute Gasteiger partial charge is 0.290 e. The maximum absolute atomic E-state index is 13.3. The van der Waals surface area contributed by atoms with Gasteiger partial charge in [-0.2, -0.15) is 0 Å². The first-order valence-corrected chi connectivity index (χ1v) is 9.67. The lowest BCUT2D eigenvalue weighted by atomic mass is 9.93. The van der Waals surface area contributed by atoms with Gasteiger partial charge in [0.05, 0.1) is 13.2 Å². The quantitative estimate of drug-likeness (QED) is 0.637. The fourth-order valence-corrected chi connectivity index (χ4v) is 3.76. The lowest BCUT2D eigenvalue weighted by Gasteiger charge is -2.27. The van der Waals surface area contributed by atoms with E-state index in [0.29, 0.717) is 11.3 Å². The fourth-order valence-electron chi connectivity index (χ4n) is 3.76. The lowest BCUT2D eigenvalue weighted by Crippen LogP contribution is -2.29. The second-order valence-corrected chi connectivity index (χ2v) is 7.36. The number of aliphatic hydroxyl groups excluding tert-OH is 1. The molecule has 0 radical (unpaired) electrons. The molecule has 0 saturated heterocycles. The van der Waals surface area contributed by atoms with E-state index in [-0.39, 0.29) is 18.1 Å². The van der Waals surface area contributed by atoms with Gasteiger partial charge >= 0.3 is 0 Å². The number of aliphatic hydroxyl groups is 1. The van der Waals surface area contributed by atoms with Crippen LogP contribution in [0.15, 0.2) is 78.6 Å². The minimum absolute atomic E-state index is 0.251. The summed E-state index contributed by atoms with van der Waals surface area (Å²) in [6, 6.07) is 20.7. The van der Waals surface area contributed by atoms with Gasteiger partial charge in [-0.05, 0) is 47.9 Å². The fraction of sp³-hybridized carbons (Fsp3) is 0.160. The Hall–Kier alpha value is -3.60. The van der Waals surface area contributed by atoms with Crippen molar-refractivity contribution in [3.8, 4) is 5.75 Å². The molecule has 4 rings (SSSR count). The lowest BCUT2D eigenvalue weighted by molar-refractivity contribution is -0.130. The molecular weight excluding hydrogens is 381 g/mol. The van der Waals surface area contributed by atoms with Crippen LogP contribution in [-0.2, 0) is 11.3 Å². The number of ether oxygens (including phenoxy) is 1. The largest absolute Gasteiger partial charge is 0.503 e. The first-order valence-electron chi connectivity index (χ1n) is 9.67. The monoisotopic (exact) mass is 403 g/mol. The van der Waals surface area contributed by atoms with E-state index in [9.17, 15) is 14.3 Å². The highest BCUT2D eigenvalue weighted by molar-refractivity contribution is 6.05. The summed E-state index contributed by atoms with van der Waals surface area (Å²) in [5.41, 5.74) is 4.08. The topological polar surface area (TPSA) is 49.8 Å². The van der Waals surface area contributed by atoms with Gasteiger partial charge in [-0.3, -0.25) is 4.79 Å². The predicted octanol–water partition coefficient (Wildman–Crippen LogP) is 5.20. The van der Waals surface area contributed by atoms with Gasteiger partial charge in [-0.25, -0.2) is 4.39 Å². The molecule has 30 heavy (non-hydrogen) atoms. The molecule has 3 aromatic rings. The highest BCUT2D eigenvalue weighted by atomic mass is 19.1. The number of nitrogens with zero attached hydrogens (tertiary/aromatic N) is 1. The highest BCUT2D eigenvalue weighted by Gasteiger charge is 2.40. The Morgan fingerprint density at radius 3 is 2.20 bits per heavy atom. The average molecular weight is 403 g/mol. The minimum atomic E-state index is -0.462. The zero-order chi connectivity index (χ0) is 21.3. The molecule has 0 fully saturated rings. The van der Waals surface area contributed by atoms with Crippen LogP contribution in [0.2, 0.25) is 0 Å². The molecule has 152 valence electrons. The maximum Gasteiger partial charge on any atom is 0.290 e. The normalized spacial score (nSPS) is 16.3. The molecule has 4 nitrogen and oxygen atoms in total. The Kier molecular flexibility index (Phi) is 5.27. The first-order chi connectivity index (χ1) is 14.5. The number of hydrogen-bond acceptors (Lipinski definition) is 3. The van der Waals surface area contributed by atoms with Crippen LogP contribution in [0.1, 0.15) is 28.3 Å². The van der Waals surface area contributed by atoms with Crippen LogP contribution in [0, 0.1) is 12.7 Å². The predicted molar refractivity (Wildman–Crippen MR) is 113 cm³/mol. The summed E-state index contributed by atoms with van der Waals surface area (Å²) in [5.74, 6) is -0.358. The number of amides is 1. The summed E-state index contributed by atoms with van der Waals surface area (Å²) >= 11 is 0. The van der Waals surface area contributed by atoms with Crippen molar-refractivity contribution >= 4 is 11.5 Å². The van der Waals surface area contributed by atoms with Crippen LogP contribution in [0.4, 0.5) is 4.39 Å². The van der Waals surface area contributed by atoms with E-state index in [1.165, 1.54) is 12.1 Å². The van der Waals surface area contributed by atoms with Crippen molar-refractivity contribution in [2.75, 3.05) is 7.11 Å².